The summed E-state index contributed by atoms with van der Waals surface area (Å²) in [6, 6.07) is 9.88. The summed E-state index contributed by atoms with van der Waals surface area (Å²) >= 11 is 0. The summed E-state index contributed by atoms with van der Waals surface area (Å²) in [4.78, 5) is 10.9. The summed E-state index contributed by atoms with van der Waals surface area (Å²) in [5.74, 6) is -0.925. The number of allylic oxidation sites excluding steroid dienone is 2. The molecule has 0 spiro atoms. The molecule has 0 saturated heterocycles. The van der Waals surface area contributed by atoms with Crippen molar-refractivity contribution in [2.75, 3.05) is 0 Å². The van der Waals surface area contributed by atoms with Crippen molar-refractivity contribution in [3.63, 3.8) is 0 Å². The molecule has 0 aliphatic heterocycles. The lowest BCUT2D eigenvalue weighted by Crippen LogP contribution is -2.00. The first-order valence-electron chi connectivity index (χ1n) is 5.42. The Labute approximate surface area is 102 Å². The molecule has 17 heavy (non-hydrogen) atoms. The molecule has 0 heterocycles. The standard InChI is InChI=1S/C15H16O2/c1-12(2)14(15(16)17)11-7-6-10-13-8-4-3-5-9-13/h3-6,8-11H,1,7H2,2H3,(H,16,17). The Bertz CT molecular complexity index is 437. The molecule has 0 aliphatic carbocycles. The zero-order valence-electron chi connectivity index (χ0n) is 9.89. The molecule has 0 amide bonds. The van der Waals surface area contributed by atoms with Gasteiger partial charge in [-0.3, -0.25) is 0 Å². The molecular formula is C15H16O2. The van der Waals surface area contributed by atoms with Crippen molar-refractivity contribution in [1.82, 2.24) is 0 Å². The largest absolute Gasteiger partial charge is 0.478 e. The number of rotatable bonds is 5. The van der Waals surface area contributed by atoms with E-state index in [0.717, 1.165) is 5.56 Å². The van der Waals surface area contributed by atoms with Crippen LogP contribution in [0.1, 0.15) is 18.9 Å². The molecule has 2 nitrogen and oxygen atoms in total. The zero-order valence-corrected chi connectivity index (χ0v) is 9.89. The summed E-state index contributed by atoms with van der Waals surface area (Å²) in [7, 11) is 0. The fraction of sp³-hybridized carbons (Fsp3) is 0.133. The number of hydrogen-bond acceptors (Lipinski definition) is 1. The Morgan fingerprint density at radius 2 is 2.00 bits per heavy atom. The van der Waals surface area contributed by atoms with Crippen LogP contribution in [0.5, 0.6) is 0 Å². The predicted octanol–water partition coefficient (Wildman–Crippen LogP) is 3.68. The van der Waals surface area contributed by atoms with Crippen LogP contribution in [-0.2, 0) is 4.79 Å². The summed E-state index contributed by atoms with van der Waals surface area (Å²) < 4.78 is 0. The molecule has 0 bridgehead atoms. The van der Waals surface area contributed by atoms with Crippen LogP contribution in [-0.4, -0.2) is 11.1 Å². The van der Waals surface area contributed by atoms with E-state index in [2.05, 4.69) is 6.58 Å². The van der Waals surface area contributed by atoms with Gasteiger partial charge in [-0.2, -0.15) is 0 Å². The first-order chi connectivity index (χ1) is 8.11. The molecule has 1 aromatic carbocycles. The third-order valence-electron chi connectivity index (χ3n) is 2.26. The van der Waals surface area contributed by atoms with Crippen LogP contribution in [0, 0.1) is 0 Å². The third-order valence-corrected chi connectivity index (χ3v) is 2.26. The van der Waals surface area contributed by atoms with E-state index in [0.29, 0.717) is 12.0 Å². The fourth-order valence-corrected chi connectivity index (χ4v) is 1.40. The molecule has 0 aliphatic rings. The second kappa shape index (κ2) is 6.48. The molecule has 1 rings (SSSR count). The minimum absolute atomic E-state index is 0.280. The first-order valence-corrected chi connectivity index (χ1v) is 5.42. The van der Waals surface area contributed by atoms with Gasteiger partial charge in [0, 0.05) is 0 Å². The van der Waals surface area contributed by atoms with Gasteiger partial charge in [0.2, 0.25) is 0 Å². The Kier molecular flexibility index (Phi) is 4.95. The first kappa shape index (κ1) is 13.0. The number of aliphatic carboxylic acids is 1. The van der Waals surface area contributed by atoms with E-state index in [1.54, 1.807) is 13.0 Å². The van der Waals surface area contributed by atoms with Crippen LogP contribution in [0.15, 0.2) is 60.2 Å². The van der Waals surface area contributed by atoms with Gasteiger partial charge >= 0.3 is 5.97 Å². The van der Waals surface area contributed by atoms with Crippen molar-refractivity contribution >= 4 is 12.0 Å². The minimum atomic E-state index is -0.925. The van der Waals surface area contributed by atoms with Gasteiger partial charge in [0.05, 0.1) is 5.57 Å². The monoisotopic (exact) mass is 228 g/mol. The topological polar surface area (TPSA) is 37.3 Å². The minimum Gasteiger partial charge on any atom is -0.478 e. The summed E-state index contributed by atoms with van der Waals surface area (Å²) in [5.41, 5.74) is 1.96. The molecule has 1 aromatic rings. The SMILES string of the molecule is C=C(C)C(=CCC=Cc1ccccc1)C(=O)O. The van der Waals surface area contributed by atoms with E-state index in [9.17, 15) is 4.79 Å². The smallest absolute Gasteiger partial charge is 0.335 e. The highest BCUT2D eigenvalue weighted by molar-refractivity contribution is 5.91. The summed E-state index contributed by atoms with van der Waals surface area (Å²) in [6.07, 6.45) is 6.16. The lowest BCUT2D eigenvalue weighted by Gasteiger charge is -1.98. The molecule has 1 N–H and O–H groups in total. The highest BCUT2D eigenvalue weighted by Crippen LogP contribution is 2.09. The van der Waals surface area contributed by atoms with Crippen LogP contribution in [0.4, 0.5) is 0 Å². The Morgan fingerprint density at radius 1 is 1.35 bits per heavy atom. The van der Waals surface area contributed by atoms with Gasteiger partial charge in [0.15, 0.2) is 0 Å². The van der Waals surface area contributed by atoms with E-state index in [1.807, 2.05) is 42.5 Å². The maximum absolute atomic E-state index is 10.9. The Morgan fingerprint density at radius 3 is 2.53 bits per heavy atom. The van der Waals surface area contributed by atoms with Gasteiger partial charge in [-0.1, -0.05) is 55.1 Å². The molecule has 0 saturated carbocycles. The predicted molar refractivity (Wildman–Crippen MR) is 70.6 cm³/mol. The zero-order chi connectivity index (χ0) is 12.7. The van der Waals surface area contributed by atoms with Gasteiger partial charge in [-0.15, -0.1) is 0 Å². The van der Waals surface area contributed by atoms with Crippen LogP contribution in [0.25, 0.3) is 6.08 Å². The number of carboxylic acid groups (broad SMARTS) is 1. The average molecular weight is 228 g/mol. The molecule has 0 aromatic heterocycles. The second-order valence-corrected chi connectivity index (χ2v) is 3.75. The quantitative estimate of drug-likeness (QED) is 0.616. The van der Waals surface area contributed by atoms with Gasteiger partial charge in [0.25, 0.3) is 0 Å². The molecule has 2 heteroatoms. The highest BCUT2D eigenvalue weighted by atomic mass is 16.4. The fourth-order valence-electron chi connectivity index (χ4n) is 1.40. The molecule has 0 unspecified atom stereocenters. The number of benzene rings is 1. The van der Waals surface area contributed by atoms with Crippen molar-refractivity contribution in [3.05, 3.63) is 65.8 Å². The molecule has 0 radical (unpaired) electrons. The number of carbonyl (C=O) groups is 1. The summed E-state index contributed by atoms with van der Waals surface area (Å²) in [6.45, 7) is 5.34. The van der Waals surface area contributed by atoms with Crippen molar-refractivity contribution in [1.29, 1.82) is 0 Å². The maximum Gasteiger partial charge on any atom is 0.335 e. The van der Waals surface area contributed by atoms with E-state index >= 15 is 0 Å². The normalized spacial score (nSPS) is 11.7. The van der Waals surface area contributed by atoms with Gasteiger partial charge in [-0.25, -0.2) is 4.79 Å². The molecule has 0 fully saturated rings. The number of hydrogen-bond donors (Lipinski definition) is 1. The maximum atomic E-state index is 10.9. The summed E-state index contributed by atoms with van der Waals surface area (Å²) in [5, 5.41) is 8.91. The van der Waals surface area contributed by atoms with Crippen LogP contribution < -0.4 is 0 Å². The van der Waals surface area contributed by atoms with Crippen LogP contribution in [0.3, 0.4) is 0 Å². The average Bonchev–Trinajstić information content (AvgIpc) is 2.29. The lowest BCUT2D eigenvalue weighted by atomic mass is 10.1. The Hall–Kier alpha value is -2.09. The van der Waals surface area contributed by atoms with Crippen LogP contribution >= 0.6 is 0 Å². The highest BCUT2D eigenvalue weighted by Gasteiger charge is 2.05. The lowest BCUT2D eigenvalue weighted by molar-refractivity contribution is -0.132. The molecule has 0 atom stereocenters. The molecular weight excluding hydrogens is 212 g/mol. The second-order valence-electron chi connectivity index (χ2n) is 3.75. The van der Waals surface area contributed by atoms with Gasteiger partial charge in [0.1, 0.15) is 0 Å². The van der Waals surface area contributed by atoms with E-state index < -0.39 is 5.97 Å². The van der Waals surface area contributed by atoms with Crippen molar-refractivity contribution in [2.24, 2.45) is 0 Å². The van der Waals surface area contributed by atoms with Crippen molar-refractivity contribution in [2.45, 2.75) is 13.3 Å². The Balaban J connectivity index is 2.62. The van der Waals surface area contributed by atoms with E-state index in [4.69, 9.17) is 5.11 Å². The molecule has 88 valence electrons. The number of carboxylic acids is 1. The van der Waals surface area contributed by atoms with Crippen molar-refractivity contribution in [3.8, 4) is 0 Å². The third kappa shape index (κ3) is 4.51. The van der Waals surface area contributed by atoms with Gasteiger partial charge in [-0.05, 0) is 24.5 Å². The van der Waals surface area contributed by atoms with Crippen molar-refractivity contribution < 1.29 is 9.90 Å². The van der Waals surface area contributed by atoms with E-state index in [-0.39, 0.29) is 5.57 Å². The van der Waals surface area contributed by atoms with Crippen LogP contribution in [0.2, 0.25) is 0 Å². The van der Waals surface area contributed by atoms with Gasteiger partial charge < -0.3 is 5.11 Å². The van der Waals surface area contributed by atoms with E-state index in [1.165, 1.54) is 0 Å².